The van der Waals surface area contributed by atoms with Crippen molar-refractivity contribution in [2.75, 3.05) is 7.05 Å². The summed E-state index contributed by atoms with van der Waals surface area (Å²) < 4.78 is 25.2. The third-order valence-corrected chi connectivity index (χ3v) is 4.80. The van der Waals surface area contributed by atoms with E-state index in [1.165, 1.54) is 37.4 Å². The zero-order valence-electron chi connectivity index (χ0n) is 11.2. The summed E-state index contributed by atoms with van der Waals surface area (Å²) in [5.74, 6) is -0.419. The molecule has 0 saturated heterocycles. The first-order valence-electron chi connectivity index (χ1n) is 6.12. The van der Waals surface area contributed by atoms with Gasteiger partial charge in [0, 0.05) is 18.2 Å². The van der Waals surface area contributed by atoms with Crippen LogP contribution in [0.5, 0.6) is 0 Å². The van der Waals surface area contributed by atoms with E-state index in [-0.39, 0.29) is 20.9 Å². The molecular weight excluding hydrogens is 290 g/mol. The maximum absolute atomic E-state index is 12.6. The molecule has 0 aliphatic heterocycles. The lowest BCUT2D eigenvalue weighted by molar-refractivity contribution is 0.0962. The van der Waals surface area contributed by atoms with E-state index < -0.39 is 15.7 Å². The van der Waals surface area contributed by atoms with Crippen LogP contribution < -0.4 is 5.32 Å². The summed E-state index contributed by atoms with van der Waals surface area (Å²) in [6.45, 7) is 0. The van der Waals surface area contributed by atoms with Gasteiger partial charge in [-0.2, -0.15) is 0 Å². The van der Waals surface area contributed by atoms with Crippen molar-refractivity contribution < 1.29 is 18.0 Å². The number of nitrogens with one attached hydrogen (secondary N) is 1. The first-order valence-corrected chi connectivity index (χ1v) is 7.60. The van der Waals surface area contributed by atoms with Gasteiger partial charge in [0.15, 0.2) is 6.29 Å². The molecule has 5 nitrogen and oxygen atoms in total. The molecule has 0 bridgehead atoms. The molecular formula is C15H13NO4S. The van der Waals surface area contributed by atoms with Gasteiger partial charge < -0.3 is 5.32 Å². The van der Waals surface area contributed by atoms with Crippen molar-refractivity contribution in [1.29, 1.82) is 0 Å². The van der Waals surface area contributed by atoms with E-state index in [1.54, 1.807) is 18.2 Å². The summed E-state index contributed by atoms with van der Waals surface area (Å²) in [5, 5.41) is 2.42. The molecule has 2 aromatic carbocycles. The fourth-order valence-corrected chi connectivity index (χ4v) is 3.35. The van der Waals surface area contributed by atoms with Gasteiger partial charge in [-0.3, -0.25) is 9.59 Å². The monoisotopic (exact) mass is 303 g/mol. The van der Waals surface area contributed by atoms with Gasteiger partial charge in [0.2, 0.25) is 9.84 Å². The third-order valence-electron chi connectivity index (χ3n) is 2.97. The molecule has 6 heteroatoms. The van der Waals surface area contributed by atoms with Crippen LogP contribution in [0.4, 0.5) is 0 Å². The van der Waals surface area contributed by atoms with E-state index in [0.29, 0.717) is 6.29 Å². The quantitative estimate of drug-likeness (QED) is 0.872. The maximum Gasteiger partial charge on any atom is 0.251 e. The van der Waals surface area contributed by atoms with E-state index >= 15 is 0 Å². The van der Waals surface area contributed by atoms with Crippen molar-refractivity contribution in [2.24, 2.45) is 0 Å². The van der Waals surface area contributed by atoms with Gasteiger partial charge >= 0.3 is 0 Å². The third kappa shape index (κ3) is 2.85. The van der Waals surface area contributed by atoms with Crippen LogP contribution in [0.2, 0.25) is 0 Å². The van der Waals surface area contributed by atoms with Crippen molar-refractivity contribution in [3.8, 4) is 0 Å². The van der Waals surface area contributed by atoms with Gasteiger partial charge in [0.05, 0.1) is 9.79 Å². The van der Waals surface area contributed by atoms with Crippen LogP contribution in [0.15, 0.2) is 58.3 Å². The number of hydrogen-bond acceptors (Lipinski definition) is 4. The number of hydrogen-bond donors (Lipinski definition) is 1. The van der Waals surface area contributed by atoms with Crippen LogP contribution in [-0.4, -0.2) is 27.7 Å². The van der Waals surface area contributed by atoms with Gasteiger partial charge in [0.1, 0.15) is 0 Å². The van der Waals surface area contributed by atoms with E-state index in [9.17, 15) is 18.0 Å². The molecule has 0 aromatic heterocycles. The van der Waals surface area contributed by atoms with E-state index in [4.69, 9.17) is 0 Å². The lowest BCUT2D eigenvalue weighted by Gasteiger charge is -2.09. The average molecular weight is 303 g/mol. The van der Waals surface area contributed by atoms with Crippen LogP contribution in [-0.2, 0) is 9.84 Å². The van der Waals surface area contributed by atoms with Crippen LogP contribution in [0.3, 0.4) is 0 Å². The Morgan fingerprint density at radius 2 is 1.76 bits per heavy atom. The zero-order chi connectivity index (χ0) is 15.5. The first-order chi connectivity index (χ1) is 10.0. The second kappa shape index (κ2) is 5.88. The molecule has 1 N–H and O–H groups in total. The minimum atomic E-state index is -3.86. The van der Waals surface area contributed by atoms with Crippen LogP contribution in [0, 0.1) is 0 Å². The summed E-state index contributed by atoms with van der Waals surface area (Å²) in [7, 11) is -2.41. The lowest BCUT2D eigenvalue weighted by atomic mass is 10.1. The molecule has 21 heavy (non-hydrogen) atoms. The Morgan fingerprint density at radius 1 is 1.10 bits per heavy atom. The minimum Gasteiger partial charge on any atom is -0.355 e. The normalized spacial score (nSPS) is 10.9. The smallest absolute Gasteiger partial charge is 0.251 e. The predicted molar refractivity (Wildman–Crippen MR) is 77.1 cm³/mol. The minimum absolute atomic E-state index is 0.0199. The molecule has 0 fully saturated rings. The fourth-order valence-electron chi connectivity index (χ4n) is 1.88. The standard InChI is InChI=1S/C15H13NO4S/c1-16-15(18)11-7-8-12(10-17)14(9-11)21(19,20)13-5-3-2-4-6-13/h2-10H,1H3,(H,16,18). The second-order valence-corrected chi connectivity index (χ2v) is 6.18. The van der Waals surface area contributed by atoms with Crippen LogP contribution in [0.25, 0.3) is 0 Å². The molecule has 108 valence electrons. The fraction of sp³-hybridized carbons (Fsp3) is 0.0667. The van der Waals surface area contributed by atoms with E-state index in [1.807, 2.05) is 0 Å². The number of benzene rings is 2. The maximum atomic E-state index is 12.6. The number of sulfone groups is 1. The largest absolute Gasteiger partial charge is 0.355 e. The lowest BCUT2D eigenvalue weighted by Crippen LogP contribution is -2.18. The number of aldehydes is 1. The highest BCUT2D eigenvalue weighted by Crippen LogP contribution is 2.24. The van der Waals surface area contributed by atoms with Crippen molar-refractivity contribution in [3.63, 3.8) is 0 Å². The Kier molecular flexibility index (Phi) is 4.18. The van der Waals surface area contributed by atoms with Crippen molar-refractivity contribution in [1.82, 2.24) is 5.32 Å². The first kappa shape index (κ1) is 14.9. The molecule has 0 spiro atoms. The van der Waals surface area contributed by atoms with E-state index in [2.05, 4.69) is 5.32 Å². The second-order valence-electron chi connectivity index (χ2n) is 4.27. The number of rotatable bonds is 4. The summed E-state index contributed by atoms with van der Waals surface area (Å²) in [5.41, 5.74) is 0.198. The Labute approximate surface area is 122 Å². The highest BCUT2D eigenvalue weighted by Gasteiger charge is 2.22. The van der Waals surface area contributed by atoms with Gasteiger partial charge in [-0.15, -0.1) is 0 Å². The Morgan fingerprint density at radius 3 is 2.33 bits per heavy atom. The average Bonchev–Trinajstić information content (AvgIpc) is 2.54. The van der Waals surface area contributed by atoms with E-state index in [0.717, 1.165) is 0 Å². The van der Waals surface area contributed by atoms with Gasteiger partial charge in [0.25, 0.3) is 5.91 Å². The zero-order valence-corrected chi connectivity index (χ0v) is 12.1. The Bertz CT molecular complexity index is 783. The number of amides is 1. The highest BCUT2D eigenvalue weighted by molar-refractivity contribution is 7.91. The Hall–Kier alpha value is -2.47. The SMILES string of the molecule is CNC(=O)c1ccc(C=O)c(S(=O)(=O)c2ccccc2)c1. The van der Waals surface area contributed by atoms with Crippen molar-refractivity contribution in [3.05, 3.63) is 59.7 Å². The Balaban J connectivity index is 2.67. The van der Waals surface area contributed by atoms with Crippen molar-refractivity contribution in [2.45, 2.75) is 9.79 Å². The van der Waals surface area contributed by atoms with Crippen molar-refractivity contribution >= 4 is 22.0 Å². The summed E-state index contributed by atoms with van der Waals surface area (Å²) >= 11 is 0. The number of carbonyl (C=O) groups excluding carboxylic acids is 2. The predicted octanol–water partition coefficient (Wildman–Crippen LogP) is 1.69. The highest BCUT2D eigenvalue weighted by atomic mass is 32.2. The molecule has 0 heterocycles. The number of carbonyl (C=O) groups is 2. The molecule has 0 radical (unpaired) electrons. The topological polar surface area (TPSA) is 80.3 Å². The molecule has 2 aromatic rings. The molecule has 0 atom stereocenters. The molecule has 0 unspecified atom stereocenters. The van der Waals surface area contributed by atoms with Crippen LogP contribution >= 0.6 is 0 Å². The van der Waals surface area contributed by atoms with Gasteiger partial charge in [-0.25, -0.2) is 8.42 Å². The molecule has 0 aliphatic rings. The molecule has 0 saturated carbocycles. The molecule has 0 aliphatic carbocycles. The summed E-state index contributed by atoms with van der Waals surface area (Å²) in [6, 6.07) is 11.7. The molecule has 1 amide bonds. The van der Waals surface area contributed by atoms with Gasteiger partial charge in [-0.05, 0) is 30.3 Å². The van der Waals surface area contributed by atoms with Crippen LogP contribution in [0.1, 0.15) is 20.7 Å². The van der Waals surface area contributed by atoms with Gasteiger partial charge in [-0.1, -0.05) is 18.2 Å². The summed E-state index contributed by atoms with van der Waals surface area (Å²) in [4.78, 5) is 22.6. The molecule has 2 rings (SSSR count). The summed E-state index contributed by atoms with van der Waals surface area (Å²) in [6.07, 6.45) is 0.462.